The second-order valence-corrected chi connectivity index (χ2v) is 5.12. The molecule has 0 atom stereocenters. The number of hydrogen-bond acceptors (Lipinski definition) is 3. The molecule has 2 aromatic carbocycles. The Bertz CT molecular complexity index is 683. The minimum Gasteiger partial charge on any atom is -0.397 e. The molecule has 0 aliphatic carbocycles. The highest BCUT2D eigenvalue weighted by Crippen LogP contribution is 2.31. The number of carbonyl (C=O) groups is 1. The van der Waals surface area contributed by atoms with E-state index in [1.807, 2.05) is 6.07 Å². The Hall–Kier alpha value is -2.56. The first-order valence-corrected chi connectivity index (χ1v) is 6.82. The lowest BCUT2D eigenvalue weighted by molar-refractivity contribution is -0.116. The SMILES string of the molecule is Nc1cc2c(cc1NCc1ccc(F)cc1)CCC(=O)N2. The maximum atomic E-state index is 12.9. The average molecular weight is 285 g/mol. The molecule has 0 aromatic heterocycles. The summed E-state index contributed by atoms with van der Waals surface area (Å²) >= 11 is 0. The number of nitrogens with two attached hydrogens (primary N) is 1. The van der Waals surface area contributed by atoms with Gasteiger partial charge in [0.25, 0.3) is 0 Å². The van der Waals surface area contributed by atoms with Crippen molar-refractivity contribution in [3.8, 4) is 0 Å². The minimum atomic E-state index is -0.247. The fraction of sp³-hybridized carbons (Fsp3) is 0.188. The molecule has 3 rings (SSSR count). The van der Waals surface area contributed by atoms with Gasteiger partial charge in [-0.25, -0.2) is 4.39 Å². The molecule has 0 radical (unpaired) electrons. The van der Waals surface area contributed by atoms with E-state index in [9.17, 15) is 9.18 Å². The van der Waals surface area contributed by atoms with Crippen molar-refractivity contribution >= 4 is 23.0 Å². The number of aryl methyl sites for hydroxylation is 1. The summed E-state index contributed by atoms with van der Waals surface area (Å²) in [4.78, 5) is 11.4. The molecule has 0 saturated heterocycles. The molecule has 5 heteroatoms. The lowest BCUT2D eigenvalue weighted by Crippen LogP contribution is -2.19. The second kappa shape index (κ2) is 5.44. The third-order valence-corrected chi connectivity index (χ3v) is 3.57. The van der Waals surface area contributed by atoms with E-state index in [-0.39, 0.29) is 11.7 Å². The predicted octanol–water partition coefficient (Wildman–Crippen LogP) is 2.90. The third kappa shape index (κ3) is 2.97. The van der Waals surface area contributed by atoms with Crippen LogP contribution in [0.15, 0.2) is 36.4 Å². The van der Waals surface area contributed by atoms with E-state index < -0.39 is 0 Å². The van der Waals surface area contributed by atoms with Crippen molar-refractivity contribution in [2.45, 2.75) is 19.4 Å². The van der Waals surface area contributed by atoms with E-state index in [0.717, 1.165) is 22.5 Å². The molecule has 2 aromatic rings. The molecular formula is C16H16FN3O. The number of fused-ring (bicyclic) bond motifs is 1. The van der Waals surface area contributed by atoms with E-state index in [1.165, 1.54) is 12.1 Å². The van der Waals surface area contributed by atoms with Crippen molar-refractivity contribution in [2.24, 2.45) is 0 Å². The van der Waals surface area contributed by atoms with E-state index in [2.05, 4.69) is 10.6 Å². The molecule has 4 N–H and O–H groups in total. The van der Waals surface area contributed by atoms with Gasteiger partial charge in [-0.15, -0.1) is 0 Å². The first-order chi connectivity index (χ1) is 10.1. The van der Waals surface area contributed by atoms with Crippen LogP contribution in [0.25, 0.3) is 0 Å². The zero-order valence-corrected chi connectivity index (χ0v) is 11.4. The molecule has 0 unspecified atom stereocenters. The Kier molecular flexibility index (Phi) is 3.48. The minimum absolute atomic E-state index is 0.0221. The Morgan fingerprint density at radius 2 is 1.95 bits per heavy atom. The number of carbonyl (C=O) groups excluding carboxylic acids is 1. The number of hydrogen-bond donors (Lipinski definition) is 3. The van der Waals surface area contributed by atoms with Crippen LogP contribution in [-0.4, -0.2) is 5.91 Å². The quantitative estimate of drug-likeness (QED) is 0.760. The Balaban J connectivity index is 1.76. The highest BCUT2D eigenvalue weighted by atomic mass is 19.1. The molecular weight excluding hydrogens is 269 g/mol. The van der Waals surface area contributed by atoms with Crippen molar-refractivity contribution in [2.75, 3.05) is 16.4 Å². The molecule has 1 heterocycles. The Labute approximate surface area is 122 Å². The van der Waals surface area contributed by atoms with Gasteiger partial charge in [0.2, 0.25) is 5.91 Å². The van der Waals surface area contributed by atoms with Gasteiger partial charge in [0, 0.05) is 18.7 Å². The molecule has 1 aliphatic heterocycles. The van der Waals surface area contributed by atoms with Crippen molar-refractivity contribution in [3.63, 3.8) is 0 Å². The van der Waals surface area contributed by atoms with Crippen LogP contribution in [0.1, 0.15) is 17.5 Å². The molecule has 0 fully saturated rings. The van der Waals surface area contributed by atoms with Gasteiger partial charge in [0.1, 0.15) is 5.82 Å². The zero-order valence-electron chi connectivity index (χ0n) is 11.4. The van der Waals surface area contributed by atoms with Crippen LogP contribution in [0.2, 0.25) is 0 Å². The topological polar surface area (TPSA) is 67.1 Å². The van der Waals surface area contributed by atoms with Crippen LogP contribution < -0.4 is 16.4 Å². The van der Waals surface area contributed by atoms with Crippen LogP contribution in [0, 0.1) is 5.82 Å². The Morgan fingerprint density at radius 1 is 1.19 bits per heavy atom. The van der Waals surface area contributed by atoms with Crippen molar-refractivity contribution in [1.82, 2.24) is 0 Å². The van der Waals surface area contributed by atoms with Gasteiger partial charge in [-0.1, -0.05) is 12.1 Å². The first-order valence-electron chi connectivity index (χ1n) is 6.82. The van der Waals surface area contributed by atoms with Gasteiger partial charge in [-0.3, -0.25) is 4.79 Å². The maximum Gasteiger partial charge on any atom is 0.224 e. The number of amides is 1. The smallest absolute Gasteiger partial charge is 0.224 e. The summed E-state index contributed by atoms with van der Waals surface area (Å²) in [6.07, 6.45) is 1.21. The molecule has 4 nitrogen and oxygen atoms in total. The number of anilines is 3. The fourth-order valence-electron chi connectivity index (χ4n) is 2.40. The second-order valence-electron chi connectivity index (χ2n) is 5.12. The van der Waals surface area contributed by atoms with Gasteiger partial charge in [0.05, 0.1) is 11.4 Å². The van der Waals surface area contributed by atoms with E-state index in [0.29, 0.717) is 25.1 Å². The molecule has 108 valence electrons. The lowest BCUT2D eigenvalue weighted by atomic mass is 10.0. The van der Waals surface area contributed by atoms with Gasteiger partial charge in [-0.2, -0.15) is 0 Å². The maximum absolute atomic E-state index is 12.9. The number of halogens is 1. The molecule has 1 amide bonds. The zero-order chi connectivity index (χ0) is 14.8. The predicted molar refractivity (Wildman–Crippen MR) is 81.5 cm³/mol. The summed E-state index contributed by atoms with van der Waals surface area (Å²) in [7, 11) is 0. The van der Waals surface area contributed by atoms with Gasteiger partial charge in [0.15, 0.2) is 0 Å². The molecule has 1 aliphatic rings. The normalized spacial score (nSPS) is 13.5. The van der Waals surface area contributed by atoms with Crippen LogP contribution in [0.5, 0.6) is 0 Å². The van der Waals surface area contributed by atoms with E-state index >= 15 is 0 Å². The van der Waals surface area contributed by atoms with Crippen molar-refractivity contribution in [3.05, 3.63) is 53.3 Å². The van der Waals surface area contributed by atoms with E-state index in [1.54, 1.807) is 18.2 Å². The standard InChI is InChI=1S/C16H16FN3O/c17-12-4-1-10(2-5-12)9-19-15-7-11-3-6-16(21)20-14(11)8-13(15)18/h1-2,4-5,7-8,19H,3,6,9,18H2,(H,20,21). The molecule has 0 saturated carbocycles. The summed E-state index contributed by atoms with van der Waals surface area (Å²) in [5, 5.41) is 6.07. The van der Waals surface area contributed by atoms with Crippen LogP contribution >= 0.6 is 0 Å². The number of benzene rings is 2. The van der Waals surface area contributed by atoms with E-state index in [4.69, 9.17) is 5.73 Å². The average Bonchev–Trinajstić information content (AvgIpc) is 2.47. The Morgan fingerprint density at radius 3 is 2.71 bits per heavy atom. The molecule has 21 heavy (non-hydrogen) atoms. The summed E-state index contributed by atoms with van der Waals surface area (Å²) in [6.45, 7) is 0.565. The molecule has 0 spiro atoms. The largest absolute Gasteiger partial charge is 0.397 e. The number of rotatable bonds is 3. The van der Waals surface area contributed by atoms with Gasteiger partial charge >= 0.3 is 0 Å². The molecule has 0 bridgehead atoms. The highest BCUT2D eigenvalue weighted by molar-refractivity contribution is 5.95. The summed E-state index contributed by atoms with van der Waals surface area (Å²) in [5.74, 6) is -0.225. The van der Waals surface area contributed by atoms with Crippen LogP contribution in [-0.2, 0) is 17.8 Å². The summed E-state index contributed by atoms with van der Waals surface area (Å²) < 4.78 is 12.9. The highest BCUT2D eigenvalue weighted by Gasteiger charge is 2.16. The van der Waals surface area contributed by atoms with Gasteiger partial charge < -0.3 is 16.4 Å². The van der Waals surface area contributed by atoms with Crippen LogP contribution in [0.4, 0.5) is 21.5 Å². The fourth-order valence-corrected chi connectivity index (χ4v) is 2.40. The third-order valence-electron chi connectivity index (χ3n) is 3.57. The van der Waals surface area contributed by atoms with Crippen LogP contribution in [0.3, 0.4) is 0 Å². The monoisotopic (exact) mass is 285 g/mol. The van der Waals surface area contributed by atoms with Crippen molar-refractivity contribution < 1.29 is 9.18 Å². The van der Waals surface area contributed by atoms with Crippen molar-refractivity contribution in [1.29, 1.82) is 0 Å². The lowest BCUT2D eigenvalue weighted by Gasteiger charge is -2.19. The van der Waals surface area contributed by atoms with Gasteiger partial charge in [-0.05, 0) is 41.8 Å². The first kappa shape index (κ1) is 13.4. The number of nitrogen functional groups attached to an aromatic ring is 1. The summed E-state index contributed by atoms with van der Waals surface area (Å²) in [5.41, 5.74) is 10.3. The number of nitrogens with one attached hydrogen (secondary N) is 2. The summed E-state index contributed by atoms with van der Waals surface area (Å²) in [6, 6.07) is 10.1.